The second kappa shape index (κ2) is 4.82. The van der Waals surface area contributed by atoms with Gasteiger partial charge < -0.3 is 15.1 Å². The fourth-order valence-electron chi connectivity index (χ4n) is 2.24. The van der Waals surface area contributed by atoms with Gasteiger partial charge in [0.25, 0.3) is 0 Å². The predicted octanol–water partition coefficient (Wildman–Crippen LogP) is -0.571. The van der Waals surface area contributed by atoms with Gasteiger partial charge in [-0.3, -0.25) is 9.59 Å². The molecule has 0 saturated carbocycles. The summed E-state index contributed by atoms with van der Waals surface area (Å²) in [5.41, 5.74) is 0. The first-order valence-electron chi connectivity index (χ1n) is 6.00. The standard InChI is InChI=1S/C11H19N3O2/c1-2-3-10(15)13-7-9(8-13)14-5-4-12-6-11(14)16/h9,12H,2-8H2,1H3. The first kappa shape index (κ1) is 11.4. The number of hydrogen-bond acceptors (Lipinski definition) is 3. The lowest BCUT2D eigenvalue weighted by molar-refractivity contribution is -0.147. The van der Waals surface area contributed by atoms with Crippen LogP contribution in [0.2, 0.25) is 0 Å². The summed E-state index contributed by atoms with van der Waals surface area (Å²) in [5, 5.41) is 3.05. The Hall–Kier alpha value is -1.10. The van der Waals surface area contributed by atoms with Crippen molar-refractivity contribution in [3.63, 3.8) is 0 Å². The van der Waals surface area contributed by atoms with E-state index >= 15 is 0 Å². The topological polar surface area (TPSA) is 52.7 Å². The van der Waals surface area contributed by atoms with Crippen LogP contribution >= 0.6 is 0 Å². The molecule has 5 heteroatoms. The molecule has 0 aromatic heterocycles. The number of rotatable bonds is 3. The van der Waals surface area contributed by atoms with Gasteiger partial charge in [-0.05, 0) is 6.42 Å². The third-order valence-electron chi connectivity index (χ3n) is 3.25. The van der Waals surface area contributed by atoms with Crippen LogP contribution in [0.3, 0.4) is 0 Å². The van der Waals surface area contributed by atoms with Crippen molar-refractivity contribution < 1.29 is 9.59 Å². The summed E-state index contributed by atoms with van der Waals surface area (Å²) in [5.74, 6) is 0.389. The number of carbonyl (C=O) groups is 2. The first-order chi connectivity index (χ1) is 7.72. The van der Waals surface area contributed by atoms with Crippen molar-refractivity contribution >= 4 is 11.8 Å². The van der Waals surface area contributed by atoms with E-state index in [0.29, 0.717) is 13.0 Å². The van der Waals surface area contributed by atoms with Gasteiger partial charge in [0.1, 0.15) is 0 Å². The molecule has 2 heterocycles. The third kappa shape index (κ3) is 2.19. The molecule has 0 aromatic rings. The maximum absolute atomic E-state index is 11.6. The quantitative estimate of drug-likeness (QED) is 0.700. The number of amides is 2. The number of nitrogens with one attached hydrogen (secondary N) is 1. The Bertz CT molecular complexity index is 287. The highest BCUT2D eigenvalue weighted by Gasteiger charge is 2.37. The molecule has 0 aliphatic carbocycles. The highest BCUT2D eigenvalue weighted by Crippen LogP contribution is 2.17. The number of likely N-dealkylation sites (tertiary alicyclic amines) is 1. The van der Waals surface area contributed by atoms with Crippen molar-refractivity contribution in [3.05, 3.63) is 0 Å². The molecular weight excluding hydrogens is 206 g/mol. The molecule has 0 unspecified atom stereocenters. The van der Waals surface area contributed by atoms with Crippen LogP contribution in [0, 0.1) is 0 Å². The smallest absolute Gasteiger partial charge is 0.236 e. The van der Waals surface area contributed by atoms with Crippen molar-refractivity contribution in [2.45, 2.75) is 25.8 Å². The number of carbonyl (C=O) groups excluding carboxylic acids is 2. The van der Waals surface area contributed by atoms with Gasteiger partial charge in [-0.25, -0.2) is 0 Å². The van der Waals surface area contributed by atoms with Crippen LogP contribution in [0.4, 0.5) is 0 Å². The van der Waals surface area contributed by atoms with Crippen molar-refractivity contribution in [3.8, 4) is 0 Å². The van der Waals surface area contributed by atoms with Crippen LogP contribution in [-0.4, -0.2) is 60.4 Å². The first-order valence-corrected chi connectivity index (χ1v) is 6.00. The van der Waals surface area contributed by atoms with Crippen molar-refractivity contribution in [2.24, 2.45) is 0 Å². The van der Waals surface area contributed by atoms with E-state index in [-0.39, 0.29) is 17.9 Å². The Morgan fingerprint density at radius 1 is 1.50 bits per heavy atom. The lowest BCUT2D eigenvalue weighted by Gasteiger charge is -2.46. The zero-order valence-electron chi connectivity index (χ0n) is 9.74. The number of hydrogen-bond donors (Lipinski definition) is 1. The molecule has 0 spiro atoms. The molecule has 0 bridgehead atoms. The molecule has 16 heavy (non-hydrogen) atoms. The Kier molecular flexibility index (Phi) is 3.43. The van der Waals surface area contributed by atoms with E-state index in [9.17, 15) is 9.59 Å². The summed E-state index contributed by atoms with van der Waals surface area (Å²) in [6, 6.07) is 0.260. The van der Waals surface area contributed by atoms with Crippen molar-refractivity contribution in [1.82, 2.24) is 15.1 Å². The summed E-state index contributed by atoms with van der Waals surface area (Å²) in [4.78, 5) is 26.9. The van der Waals surface area contributed by atoms with Crippen LogP contribution in [0.5, 0.6) is 0 Å². The van der Waals surface area contributed by atoms with E-state index in [1.165, 1.54) is 0 Å². The summed E-state index contributed by atoms with van der Waals surface area (Å²) < 4.78 is 0. The van der Waals surface area contributed by atoms with Crippen LogP contribution < -0.4 is 5.32 Å². The van der Waals surface area contributed by atoms with Crippen molar-refractivity contribution in [1.29, 1.82) is 0 Å². The molecule has 5 nitrogen and oxygen atoms in total. The molecular formula is C11H19N3O2. The second-order valence-electron chi connectivity index (χ2n) is 4.47. The minimum Gasteiger partial charge on any atom is -0.338 e. The molecule has 2 aliphatic rings. The van der Waals surface area contributed by atoms with E-state index in [2.05, 4.69) is 5.32 Å². The summed E-state index contributed by atoms with van der Waals surface area (Å²) in [6.45, 7) is 5.55. The molecule has 2 rings (SSSR count). The van der Waals surface area contributed by atoms with Gasteiger partial charge in [-0.15, -0.1) is 0 Å². The second-order valence-corrected chi connectivity index (χ2v) is 4.47. The summed E-state index contributed by atoms with van der Waals surface area (Å²) in [7, 11) is 0. The van der Waals surface area contributed by atoms with E-state index in [0.717, 1.165) is 32.6 Å². The maximum Gasteiger partial charge on any atom is 0.236 e. The van der Waals surface area contributed by atoms with Crippen LogP contribution in [0.1, 0.15) is 19.8 Å². The molecule has 2 aliphatic heterocycles. The normalized spacial score (nSPS) is 22.2. The molecule has 2 amide bonds. The molecule has 2 saturated heterocycles. The lowest BCUT2D eigenvalue weighted by atomic mass is 10.1. The molecule has 1 N–H and O–H groups in total. The Labute approximate surface area is 95.8 Å². The molecule has 2 fully saturated rings. The van der Waals surface area contributed by atoms with Gasteiger partial charge in [0, 0.05) is 32.6 Å². The van der Waals surface area contributed by atoms with Gasteiger partial charge in [0.15, 0.2) is 0 Å². The molecule has 90 valence electrons. The number of nitrogens with zero attached hydrogens (tertiary/aromatic N) is 2. The highest BCUT2D eigenvalue weighted by atomic mass is 16.2. The Morgan fingerprint density at radius 2 is 2.25 bits per heavy atom. The average molecular weight is 225 g/mol. The maximum atomic E-state index is 11.6. The van der Waals surface area contributed by atoms with E-state index in [1.807, 2.05) is 16.7 Å². The molecule has 0 atom stereocenters. The minimum absolute atomic E-state index is 0.166. The Balaban J connectivity index is 1.79. The summed E-state index contributed by atoms with van der Waals surface area (Å²) >= 11 is 0. The third-order valence-corrected chi connectivity index (χ3v) is 3.25. The molecule has 0 aromatic carbocycles. The Morgan fingerprint density at radius 3 is 2.88 bits per heavy atom. The van der Waals surface area contributed by atoms with Gasteiger partial charge in [0.05, 0.1) is 12.6 Å². The van der Waals surface area contributed by atoms with E-state index < -0.39 is 0 Å². The fourth-order valence-corrected chi connectivity index (χ4v) is 2.24. The average Bonchev–Trinajstić information content (AvgIpc) is 2.19. The van der Waals surface area contributed by atoms with E-state index in [4.69, 9.17) is 0 Å². The van der Waals surface area contributed by atoms with Crippen LogP contribution in [0.15, 0.2) is 0 Å². The monoisotopic (exact) mass is 225 g/mol. The van der Waals surface area contributed by atoms with Crippen LogP contribution in [0.25, 0.3) is 0 Å². The fraction of sp³-hybridized carbons (Fsp3) is 0.818. The largest absolute Gasteiger partial charge is 0.338 e. The number of piperazine rings is 1. The summed E-state index contributed by atoms with van der Waals surface area (Å²) in [6.07, 6.45) is 1.52. The van der Waals surface area contributed by atoms with Gasteiger partial charge in [-0.1, -0.05) is 6.92 Å². The van der Waals surface area contributed by atoms with Gasteiger partial charge in [-0.2, -0.15) is 0 Å². The lowest BCUT2D eigenvalue weighted by Crippen LogP contribution is -2.65. The van der Waals surface area contributed by atoms with Gasteiger partial charge >= 0.3 is 0 Å². The highest BCUT2D eigenvalue weighted by molar-refractivity contribution is 5.81. The zero-order chi connectivity index (χ0) is 11.5. The minimum atomic E-state index is 0.166. The predicted molar refractivity (Wildman–Crippen MR) is 59.9 cm³/mol. The van der Waals surface area contributed by atoms with Crippen LogP contribution in [-0.2, 0) is 9.59 Å². The van der Waals surface area contributed by atoms with Gasteiger partial charge in [0.2, 0.25) is 11.8 Å². The van der Waals surface area contributed by atoms with Crippen molar-refractivity contribution in [2.75, 3.05) is 32.7 Å². The molecule has 0 radical (unpaired) electrons. The van der Waals surface area contributed by atoms with E-state index in [1.54, 1.807) is 0 Å². The SMILES string of the molecule is CCCC(=O)N1CC(N2CCNCC2=O)C1. The zero-order valence-corrected chi connectivity index (χ0v) is 9.74.